The maximum absolute atomic E-state index is 12.6. The van der Waals surface area contributed by atoms with Crippen LogP contribution < -0.4 is 0 Å². The molecule has 21 heavy (non-hydrogen) atoms. The third kappa shape index (κ3) is 2.80. The molecular weight excluding hydrogens is 260 g/mol. The number of rotatable bonds is 2. The van der Waals surface area contributed by atoms with Crippen molar-refractivity contribution in [3.8, 4) is 0 Å². The second-order valence-corrected chi connectivity index (χ2v) is 5.75. The van der Waals surface area contributed by atoms with Crippen LogP contribution in [0.1, 0.15) is 44.7 Å². The summed E-state index contributed by atoms with van der Waals surface area (Å²) in [6, 6.07) is 15.3. The second kappa shape index (κ2) is 5.65. The lowest BCUT2D eigenvalue weighted by atomic mass is 9.90. The van der Waals surface area contributed by atoms with E-state index >= 15 is 0 Å². The van der Waals surface area contributed by atoms with Crippen molar-refractivity contribution in [2.75, 3.05) is 0 Å². The van der Waals surface area contributed by atoms with Crippen LogP contribution in [-0.2, 0) is 6.42 Å². The van der Waals surface area contributed by atoms with Gasteiger partial charge in [-0.1, -0.05) is 54.1 Å². The van der Waals surface area contributed by atoms with Crippen LogP contribution >= 0.6 is 0 Å². The van der Waals surface area contributed by atoms with Gasteiger partial charge in [0.05, 0.1) is 0 Å². The van der Waals surface area contributed by atoms with Crippen molar-refractivity contribution < 1.29 is 9.59 Å². The molecular formula is C19H18O2. The standard InChI is InChI=1S/C19H18O2/c1-13-6-8-15(9-7-13)19(21)16-11-10-14-4-2-3-5-17(14)18(20)12-16/h2-9,16H,10-12H2,1H3. The van der Waals surface area contributed by atoms with E-state index in [-0.39, 0.29) is 17.5 Å². The Hall–Kier alpha value is -2.22. The molecule has 0 aromatic heterocycles. The summed E-state index contributed by atoms with van der Waals surface area (Å²) in [5.74, 6) is -0.0164. The molecule has 2 heteroatoms. The molecule has 0 saturated heterocycles. The highest BCUT2D eigenvalue weighted by atomic mass is 16.1. The summed E-state index contributed by atoms with van der Waals surface area (Å²) in [5.41, 5.74) is 3.71. The van der Waals surface area contributed by atoms with Gasteiger partial charge in [-0.15, -0.1) is 0 Å². The van der Waals surface area contributed by atoms with Gasteiger partial charge in [0.15, 0.2) is 11.6 Å². The molecule has 1 atom stereocenters. The molecule has 2 aromatic rings. The zero-order valence-corrected chi connectivity index (χ0v) is 12.1. The van der Waals surface area contributed by atoms with E-state index in [1.54, 1.807) is 0 Å². The molecule has 2 nitrogen and oxygen atoms in total. The lowest BCUT2D eigenvalue weighted by molar-refractivity contribution is 0.0851. The summed E-state index contributed by atoms with van der Waals surface area (Å²) in [7, 11) is 0. The molecule has 0 N–H and O–H groups in total. The van der Waals surface area contributed by atoms with Crippen molar-refractivity contribution in [3.63, 3.8) is 0 Å². The number of hydrogen-bond acceptors (Lipinski definition) is 2. The molecule has 0 bridgehead atoms. The first kappa shape index (κ1) is 13.7. The minimum Gasteiger partial charge on any atom is -0.294 e. The lowest BCUT2D eigenvalue weighted by Gasteiger charge is -2.12. The molecule has 1 unspecified atom stereocenters. The Bertz CT molecular complexity index is 683. The van der Waals surface area contributed by atoms with Gasteiger partial charge in [0.25, 0.3) is 0 Å². The van der Waals surface area contributed by atoms with E-state index in [1.165, 1.54) is 0 Å². The molecule has 1 aliphatic carbocycles. The number of fused-ring (bicyclic) bond motifs is 1. The van der Waals surface area contributed by atoms with E-state index in [1.807, 2.05) is 55.5 Å². The molecule has 2 aromatic carbocycles. The van der Waals surface area contributed by atoms with E-state index in [4.69, 9.17) is 0 Å². The van der Waals surface area contributed by atoms with Crippen LogP contribution in [-0.4, -0.2) is 11.6 Å². The van der Waals surface area contributed by atoms with Crippen LogP contribution in [0, 0.1) is 12.8 Å². The van der Waals surface area contributed by atoms with E-state index in [2.05, 4.69) is 0 Å². The second-order valence-electron chi connectivity index (χ2n) is 5.75. The maximum Gasteiger partial charge on any atom is 0.166 e. The van der Waals surface area contributed by atoms with Gasteiger partial charge >= 0.3 is 0 Å². The zero-order valence-electron chi connectivity index (χ0n) is 12.1. The van der Waals surface area contributed by atoms with Gasteiger partial charge in [-0.2, -0.15) is 0 Å². The Balaban J connectivity index is 1.84. The fourth-order valence-corrected chi connectivity index (χ4v) is 2.95. The fourth-order valence-electron chi connectivity index (χ4n) is 2.95. The van der Waals surface area contributed by atoms with Crippen LogP contribution in [0.25, 0.3) is 0 Å². The van der Waals surface area contributed by atoms with Crippen molar-refractivity contribution in [3.05, 3.63) is 70.8 Å². The van der Waals surface area contributed by atoms with E-state index in [9.17, 15) is 9.59 Å². The Labute approximate surface area is 124 Å². The van der Waals surface area contributed by atoms with Crippen molar-refractivity contribution in [2.45, 2.75) is 26.2 Å². The van der Waals surface area contributed by atoms with Crippen LogP contribution in [0.3, 0.4) is 0 Å². The molecule has 0 heterocycles. The number of hydrogen-bond donors (Lipinski definition) is 0. The monoisotopic (exact) mass is 278 g/mol. The minimum absolute atomic E-state index is 0.0913. The number of carbonyl (C=O) groups excluding carboxylic acids is 2. The van der Waals surface area contributed by atoms with E-state index < -0.39 is 0 Å². The summed E-state index contributed by atoms with van der Waals surface area (Å²) in [6.07, 6.45) is 1.86. The summed E-state index contributed by atoms with van der Waals surface area (Å²) in [4.78, 5) is 25.0. The molecule has 0 saturated carbocycles. The van der Waals surface area contributed by atoms with Crippen molar-refractivity contribution >= 4 is 11.6 Å². The van der Waals surface area contributed by atoms with Gasteiger partial charge in [0.2, 0.25) is 0 Å². The summed E-state index contributed by atoms with van der Waals surface area (Å²) < 4.78 is 0. The zero-order chi connectivity index (χ0) is 14.8. The number of Topliss-reactive ketones (excluding diaryl/α,β-unsaturated/α-hetero) is 2. The summed E-state index contributed by atoms with van der Waals surface area (Å²) in [5, 5.41) is 0. The van der Waals surface area contributed by atoms with Crippen LogP contribution in [0.2, 0.25) is 0 Å². The van der Waals surface area contributed by atoms with Gasteiger partial charge in [-0.25, -0.2) is 0 Å². The van der Waals surface area contributed by atoms with E-state index in [0.29, 0.717) is 12.0 Å². The first-order valence-corrected chi connectivity index (χ1v) is 7.37. The SMILES string of the molecule is Cc1ccc(C(=O)C2CCc3ccccc3C(=O)C2)cc1. The smallest absolute Gasteiger partial charge is 0.166 e. The number of benzene rings is 2. The molecule has 0 spiro atoms. The average Bonchev–Trinajstić information content (AvgIpc) is 2.67. The number of aryl methyl sites for hydroxylation is 2. The third-order valence-corrected chi connectivity index (χ3v) is 4.22. The largest absolute Gasteiger partial charge is 0.294 e. The Morgan fingerprint density at radius 3 is 2.52 bits per heavy atom. The van der Waals surface area contributed by atoms with Gasteiger partial charge < -0.3 is 0 Å². The van der Waals surface area contributed by atoms with Crippen molar-refractivity contribution in [2.24, 2.45) is 5.92 Å². The van der Waals surface area contributed by atoms with E-state index in [0.717, 1.165) is 29.5 Å². The van der Waals surface area contributed by atoms with Crippen molar-refractivity contribution in [1.82, 2.24) is 0 Å². The van der Waals surface area contributed by atoms with Gasteiger partial charge in [-0.05, 0) is 25.3 Å². The summed E-state index contributed by atoms with van der Waals surface area (Å²) >= 11 is 0. The Kier molecular flexibility index (Phi) is 3.70. The van der Waals surface area contributed by atoms with Crippen LogP contribution in [0.5, 0.6) is 0 Å². The first-order chi connectivity index (χ1) is 10.1. The lowest BCUT2D eigenvalue weighted by Crippen LogP contribution is -2.17. The first-order valence-electron chi connectivity index (χ1n) is 7.37. The van der Waals surface area contributed by atoms with Gasteiger partial charge in [0, 0.05) is 23.5 Å². The molecule has 0 radical (unpaired) electrons. The van der Waals surface area contributed by atoms with Crippen LogP contribution in [0.15, 0.2) is 48.5 Å². The molecule has 0 fully saturated rings. The molecule has 3 rings (SSSR count). The Morgan fingerprint density at radius 2 is 1.76 bits per heavy atom. The maximum atomic E-state index is 12.6. The minimum atomic E-state index is -0.201. The molecule has 106 valence electrons. The highest BCUT2D eigenvalue weighted by molar-refractivity contribution is 6.04. The fraction of sp³-hybridized carbons (Fsp3) is 0.263. The van der Waals surface area contributed by atoms with Crippen LogP contribution in [0.4, 0.5) is 0 Å². The highest BCUT2D eigenvalue weighted by Crippen LogP contribution is 2.27. The topological polar surface area (TPSA) is 34.1 Å². The Morgan fingerprint density at radius 1 is 1.05 bits per heavy atom. The third-order valence-electron chi connectivity index (χ3n) is 4.22. The predicted octanol–water partition coefficient (Wildman–Crippen LogP) is 4.01. The van der Waals surface area contributed by atoms with Gasteiger partial charge in [0.1, 0.15) is 0 Å². The molecule has 0 aliphatic heterocycles. The quantitative estimate of drug-likeness (QED) is 0.614. The summed E-state index contributed by atoms with van der Waals surface area (Å²) in [6.45, 7) is 2.00. The average molecular weight is 278 g/mol. The molecule has 1 aliphatic rings. The normalized spacial score (nSPS) is 18.0. The highest BCUT2D eigenvalue weighted by Gasteiger charge is 2.27. The van der Waals surface area contributed by atoms with Gasteiger partial charge in [-0.3, -0.25) is 9.59 Å². The molecule has 0 amide bonds. The predicted molar refractivity (Wildman–Crippen MR) is 82.7 cm³/mol. The number of carbonyl (C=O) groups is 2. The van der Waals surface area contributed by atoms with Crippen molar-refractivity contribution in [1.29, 1.82) is 0 Å². The number of ketones is 2.